The second kappa shape index (κ2) is 9.68. The number of aromatic nitrogens is 1. The lowest BCUT2D eigenvalue weighted by Crippen LogP contribution is -2.11. The van der Waals surface area contributed by atoms with Crippen molar-refractivity contribution in [2.75, 3.05) is 7.11 Å². The molecular weight excluding hydrogens is 492 g/mol. The molecule has 0 fully saturated rings. The quantitative estimate of drug-likeness (QED) is 0.158. The van der Waals surface area contributed by atoms with Gasteiger partial charge in [-0.25, -0.2) is 0 Å². The first-order valence-corrected chi connectivity index (χ1v) is 12.4. The van der Waals surface area contributed by atoms with E-state index < -0.39 is 15.0 Å². The summed E-state index contributed by atoms with van der Waals surface area (Å²) in [5.74, 6) is 0.0762. The van der Waals surface area contributed by atoms with Crippen LogP contribution >= 0.6 is 11.3 Å². The fourth-order valence-corrected chi connectivity index (χ4v) is 5.20. The Labute approximate surface area is 204 Å². The molecule has 0 radical (unpaired) electrons. The van der Waals surface area contributed by atoms with Crippen molar-refractivity contribution in [3.05, 3.63) is 86.7 Å². The average molecular weight is 513 g/mol. The predicted octanol–water partition coefficient (Wildman–Crippen LogP) is 4.17. The fourth-order valence-electron chi connectivity index (χ4n) is 3.26. The van der Waals surface area contributed by atoms with Crippen LogP contribution in [0.2, 0.25) is 0 Å². The monoisotopic (exact) mass is 512 g/mol. The Morgan fingerprint density at radius 3 is 2.57 bits per heavy atom. The Morgan fingerprint density at radius 2 is 1.86 bits per heavy atom. The zero-order chi connectivity index (χ0) is 25.2. The van der Waals surface area contributed by atoms with E-state index in [2.05, 4.69) is 10.2 Å². The van der Waals surface area contributed by atoms with Gasteiger partial charge in [0.15, 0.2) is 11.5 Å². The van der Waals surface area contributed by atoms with Crippen LogP contribution in [0.5, 0.6) is 11.5 Å². The van der Waals surface area contributed by atoms with Crippen molar-refractivity contribution in [3.63, 3.8) is 0 Å². The van der Waals surface area contributed by atoms with Gasteiger partial charge in [0, 0.05) is 18.7 Å². The van der Waals surface area contributed by atoms with Crippen LogP contribution in [0.1, 0.15) is 11.1 Å². The molecule has 4 aromatic rings. The third-order valence-corrected chi connectivity index (χ3v) is 7.45. The normalized spacial score (nSPS) is 12.4. The maximum absolute atomic E-state index is 12.7. The maximum atomic E-state index is 12.7. The number of fused-ring (bicyclic) bond motifs is 1. The Bertz CT molecular complexity index is 1640. The molecule has 0 saturated heterocycles. The van der Waals surface area contributed by atoms with E-state index in [1.807, 2.05) is 35.9 Å². The predicted molar refractivity (Wildman–Crippen MR) is 133 cm³/mol. The Balaban J connectivity index is 1.59. The average Bonchev–Trinajstić information content (AvgIpc) is 3.15. The van der Waals surface area contributed by atoms with Crippen LogP contribution in [0, 0.1) is 17.0 Å². The highest BCUT2D eigenvalue weighted by molar-refractivity contribution is 7.87. The number of thiazole rings is 1. The third-order valence-electron chi connectivity index (χ3n) is 5.12. The molecule has 0 aliphatic carbocycles. The van der Waals surface area contributed by atoms with Crippen LogP contribution in [-0.4, -0.2) is 31.2 Å². The standard InChI is InChI=1S/C23H20N4O6S2/c1-15-8-10-17(13-19(15)27(28)29)35(30,31)33-20-11-9-16(12-21(20)32-3)14-24-25-23-26(2)18-6-4-5-7-22(18)34-23/h4-14H,1-3H3/b24-14+,25-23+. The topological polar surface area (TPSA) is 125 Å². The number of hydrogen-bond acceptors (Lipinski definition) is 9. The van der Waals surface area contributed by atoms with Gasteiger partial charge in [0.1, 0.15) is 4.90 Å². The second-order valence-corrected chi connectivity index (χ2v) is 9.96. The zero-order valence-corrected chi connectivity index (χ0v) is 20.5. The Morgan fingerprint density at radius 1 is 1.09 bits per heavy atom. The number of hydrogen-bond donors (Lipinski definition) is 0. The van der Waals surface area contributed by atoms with Gasteiger partial charge in [0.25, 0.3) is 5.69 Å². The number of methoxy groups -OCH3 is 1. The summed E-state index contributed by atoms with van der Waals surface area (Å²) in [5.41, 5.74) is 1.67. The highest BCUT2D eigenvalue weighted by atomic mass is 32.2. The van der Waals surface area contributed by atoms with Crippen molar-refractivity contribution in [2.45, 2.75) is 11.8 Å². The Hall–Kier alpha value is -4.03. The molecule has 0 amide bonds. The molecule has 4 rings (SSSR count). The van der Waals surface area contributed by atoms with Crippen LogP contribution in [0.3, 0.4) is 0 Å². The number of aryl methyl sites for hydroxylation is 2. The molecule has 10 nitrogen and oxygen atoms in total. The first-order valence-electron chi connectivity index (χ1n) is 10.2. The molecule has 0 spiro atoms. The molecular formula is C23H20N4O6S2. The van der Waals surface area contributed by atoms with Crippen molar-refractivity contribution < 1.29 is 22.3 Å². The van der Waals surface area contributed by atoms with Gasteiger partial charge in [0.05, 0.1) is 28.5 Å². The summed E-state index contributed by atoms with van der Waals surface area (Å²) in [7, 11) is -1.06. The van der Waals surface area contributed by atoms with Gasteiger partial charge >= 0.3 is 10.1 Å². The van der Waals surface area contributed by atoms with E-state index in [1.54, 1.807) is 12.1 Å². The first-order chi connectivity index (χ1) is 16.7. The van der Waals surface area contributed by atoms with Crippen LogP contribution in [0.15, 0.2) is 75.8 Å². The van der Waals surface area contributed by atoms with Crippen molar-refractivity contribution in [3.8, 4) is 11.5 Å². The van der Waals surface area contributed by atoms with Gasteiger partial charge in [-0.15, -0.1) is 5.10 Å². The summed E-state index contributed by atoms with van der Waals surface area (Å²) in [5, 5.41) is 19.6. The van der Waals surface area contributed by atoms with E-state index >= 15 is 0 Å². The summed E-state index contributed by atoms with van der Waals surface area (Å²) in [6.45, 7) is 1.52. The summed E-state index contributed by atoms with van der Waals surface area (Å²) in [6, 6.07) is 16.1. The molecule has 0 saturated carbocycles. The molecule has 3 aromatic carbocycles. The molecule has 0 aliphatic heterocycles. The van der Waals surface area contributed by atoms with E-state index in [4.69, 9.17) is 8.92 Å². The number of nitrogens with zero attached hydrogens (tertiary/aromatic N) is 4. The minimum Gasteiger partial charge on any atom is -0.493 e. The highest BCUT2D eigenvalue weighted by Gasteiger charge is 2.23. The number of benzene rings is 3. The van der Waals surface area contributed by atoms with Gasteiger partial charge in [-0.1, -0.05) is 29.5 Å². The minimum absolute atomic E-state index is 0.0688. The lowest BCUT2D eigenvalue weighted by Gasteiger charge is -2.11. The fraction of sp³-hybridized carbons (Fsp3) is 0.130. The lowest BCUT2D eigenvalue weighted by atomic mass is 10.2. The molecule has 0 bridgehead atoms. The third kappa shape index (κ3) is 5.08. The lowest BCUT2D eigenvalue weighted by molar-refractivity contribution is -0.385. The largest absolute Gasteiger partial charge is 0.493 e. The number of rotatable bonds is 7. The molecule has 12 heteroatoms. The van der Waals surface area contributed by atoms with Gasteiger partial charge in [-0.3, -0.25) is 10.1 Å². The SMILES string of the molecule is COc1cc(/C=N/N=c2/sc3ccccc3n2C)ccc1OS(=O)(=O)c1ccc(C)c([N+](=O)[O-])c1. The number of nitro groups is 1. The zero-order valence-electron chi connectivity index (χ0n) is 18.9. The van der Waals surface area contributed by atoms with Crippen LogP contribution < -0.4 is 13.7 Å². The van der Waals surface area contributed by atoms with Gasteiger partial charge in [-0.05, 0) is 48.9 Å². The van der Waals surface area contributed by atoms with Crippen LogP contribution in [0.25, 0.3) is 10.2 Å². The summed E-state index contributed by atoms with van der Waals surface area (Å²) < 4.78 is 39.0. The van der Waals surface area contributed by atoms with E-state index in [9.17, 15) is 18.5 Å². The van der Waals surface area contributed by atoms with E-state index in [-0.39, 0.29) is 22.1 Å². The molecule has 35 heavy (non-hydrogen) atoms. The summed E-state index contributed by atoms with van der Waals surface area (Å²) in [6.07, 6.45) is 1.51. The van der Waals surface area contributed by atoms with Gasteiger partial charge in [0.2, 0.25) is 4.80 Å². The van der Waals surface area contributed by atoms with E-state index in [1.165, 1.54) is 49.8 Å². The van der Waals surface area contributed by atoms with Crippen LogP contribution in [-0.2, 0) is 17.2 Å². The Kier molecular flexibility index (Phi) is 6.67. The van der Waals surface area contributed by atoms with Crippen LogP contribution in [0.4, 0.5) is 5.69 Å². The van der Waals surface area contributed by atoms with Gasteiger partial charge < -0.3 is 13.5 Å². The molecule has 0 atom stereocenters. The van der Waals surface area contributed by atoms with E-state index in [0.717, 1.165) is 16.3 Å². The minimum atomic E-state index is -4.34. The van der Waals surface area contributed by atoms with Crippen molar-refractivity contribution >= 4 is 43.6 Å². The molecule has 0 N–H and O–H groups in total. The highest BCUT2D eigenvalue weighted by Crippen LogP contribution is 2.31. The molecule has 0 unspecified atom stereocenters. The molecule has 1 aromatic heterocycles. The summed E-state index contributed by atoms with van der Waals surface area (Å²) in [4.78, 5) is 10.9. The molecule has 0 aliphatic rings. The molecule has 180 valence electrons. The molecule has 1 heterocycles. The van der Waals surface area contributed by atoms with Crippen molar-refractivity contribution in [1.82, 2.24) is 4.57 Å². The van der Waals surface area contributed by atoms with E-state index in [0.29, 0.717) is 15.9 Å². The number of nitro benzene ring substituents is 1. The van der Waals surface area contributed by atoms with Crippen molar-refractivity contribution in [1.29, 1.82) is 0 Å². The second-order valence-electron chi connectivity index (χ2n) is 7.41. The summed E-state index contributed by atoms with van der Waals surface area (Å²) >= 11 is 1.51. The smallest absolute Gasteiger partial charge is 0.339 e. The van der Waals surface area contributed by atoms with Gasteiger partial charge in [-0.2, -0.15) is 13.5 Å². The maximum Gasteiger partial charge on any atom is 0.339 e. The number of para-hydroxylation sites is 1. The van der Waals surface area contributed by atoms with Crippen molar-refractivity contribution in [2.24, 2.45) is 17.3 Å². The first kappa shape index (κ1) is 24.1. The number of ether oxygens (including phenoxy) is 1.